The van der Waals surface area contributed by atoms with Crippen molar-refractivity contribution < 1.29 is 4.74 Å². The zero-order valence-corrected chi connectivity index (χ0v) is 10.9. The zero-order valence-electron chi connectivity index (χ0n) is 10.9. The predicted molar refractivity (Wildman–Crippen MR) is 72.9 cm³/mol. The van der Waals surface area contributed by atoms with Crippen LogP contribution >= 0.6 is 0 Å². The molecule has 94 valence electrons. The maximum atomic E-state index is 5.64. The fourth-order valence-corrected chi connectivity index (χ4v) is 1.92. The van der Waals surface area contributed by atoms with Crippen LogP contribution in [0, 0.1) is 6.92 Å². The predicted octanol–water partition coefficient (Wildman–Crippen LogP) is 2.89. The number of aromatic nitrogens is 2. The van der Waals surface area contributed by atoms with Crippen LogP contribution in [0.25, 0.3) is 11.3 Å². The molecule has 1 aromatic heterocycles. The van der Waals surface area contributed by atoms with Gasteiger partial charge in [0.1, 0.15) is 17.9 Å². The van der Waals surface area contributed by atoms with Crippen molar-refractivity contribution in [2.45, 2.75) is 13.8 Å². The molecule has 4 nitrogen and oxygen atoms in total. The van der Waals surface area contributed by atoms with E-state index >= 15 is 0 Å². The van der Waals surface area contributed by atoms with Gasteiger partial charge >= 0.3 is 0 Å². The molecule has 0 spiro atoms. The summed E-state index contributed by atoms with van der Waals surface area (Å²) in [6.45, 7) is 4.62. The molecule has 0 saturated carbocycles. The number of hydrogen-bond acceptors (Lipinski definition) is 4. The lowest BCUT2D eigenvalue weighted by molar-refractivity contribution is 0.341. The first-order valence-corrected chi connectivity index (χ1v) is 5.99. The molecule has 0 aliphatic heterocycles. The molecule has 0 aliphatic carbocycles. The van der Waals surface area contributed by atoms with Crippen molar-refractivity contribution in [2.75, 3.05) is 19.0 Å². The van der Waals surface area contributed by atoms with Gasteiger partial charge in [0.15, 0.2) is 0 Å². The van der Waals surface area contributed by atoms with Crippen molar-refractivity contribution in [1.29, 1.82) is 0 Å². The van der Waals surface area contributed by atoms with Crippen LogP contribution in [0.5, 0.6) is 5.75 Å². The van der Waals surface area contributed by atoms with E-state index in [1.54, 1.807) is 6.33 Å². The Hall–Kier alpha value is -2.10. The highest BCUT2D eigenvalue weighted by Crippen LogP contribution is 2.32. The summed E-state index contributed by atoms with van der Waals surface area (Å²) < 4.78 is 5.64. The Balaban J connectivity index is 2.55. The van der Waals surface area contributed by atoms with Gasteiger partial charge in [0.25, 0.3) is 0 Å². The van der Waals surface area contributed by atoms with Crippen LogP contribution in [0.4, 0.5) is 5.82 Å². The summed E-state index contributed by atoms with van der Waals surface area (Å²) in [5, 5.41) is 3.06. The number of hydrogen-bond donors (Lipinski definition) is 1. The standard InChI is InChI=1S/C14H17N3O/c1-4-18-12-8-6-5-7-11(12)13-10(2)14(15-3)17-9-16-13/h5-9H,4H2,1-3H3,(H,15,16,17). The van der Waals surface area contributed by atoms with E-state index in [0.717, 1.165) is 28.4 Å². The van der Waals surface area contributed by atoms with Crippen molar-refractivity contribution in [1.82, 2.24) is 9.97 Å². The summed E-state index contributed by atoms with van der Waals surface area (Å²) in [5.41, 5.74) is 2.92. The molecule has 0 radical (unpaired) electrons. The Morgan fingerprint density at radius 3 is 2.72 bits per heavy atom. The molecule has 4 heteroatoms. The molecule has 18 heavy (non-hydrogen) atoms. The van der Waals surface area contributed by atoms with Gasteiger partial charge in [-0.2, -0.15) is 0 Å². The first kappa shape index (κ1) is 12.4. The summed E-state index contributed by atoms with van der Waals surface area (Å²) >= 11 is 0. The number of para-hydroxylation sites is 1. The number of nitrogens with one attached hydrogen (secondary N) is 1. The van der Waals surface area contributed by atoms with Gasteiger partial charge in [0, 0.05) is 18.2 Å². The summed E-state index contributed by atoms with van der Waals surface area (Å²) in [4.78, 5) is 8.56. The number of rotatable bonds is 4. The molecule has 0 saturated heterocycles. The molecule has 0 bridgehead atoms. The molecule has 1 N–H and O–H groups in total. The number of anilines is 1. The second-order valence-corrected chi connectivity index (χ2v) is 3.88. The lowest BCUT2D eigenvalue weighted by atomic mass is 10.1. The van der Waals surface area contributed by atoms with E-state index in [9.17, 15) is 0 Å². The molecule has 2 rings (SSSR count). The molecule has 1 heterocycles. The monoisotopic (exact) mass is 243 g/mol. The number of benzene rings is 1. The lowest BCUT2D eigenvalue weighted by Crippen LogP contribution is -2.01. The van der Waals surface area contributed by atoms with Gasteiger partial charge in [-0.1, -0.05) is 12.1 Å². The van der Waals surface area contributed by atoms with Crippen molar-refractivity contribution in [3.63, 3.8) is 0 Å². The highest BCUT2D eigenvalue weighted by molar-refractivity contribution is 5.72. The lowest BCUT2D eigenvalue weighted by Gasteiger charge is -2.12. The Morgan fingerprint density at radius 2 is 2.00 bits per heavy atom. The van der Waals surface area contributed by atoms with Crippen LogP contribution < -0.4 is 10.1 Å². The van der Waals surface area contributed by atoms with Crippen LogP contribution in [0.15, 0.2) is 30.6 Å². The summed E-state index contributed by atoms with van der Waals surface area (Å²) in [6, 6.07) is 7.92. The van der Waals surface area contributed by atoms with E-state index in [2.05, 4.69) is 15.3 Å². The van der Waals surface area contributed by atoms with Crippen LogP contribution in [0.2, 0.25) is 0 Å². The number of nitrogens with zero attached hydrogens (tertiary/aromatic N) is 2. The van der Waals surface area contributed by atoms with Gasteiger partial charge in [-0.05, 0) is 26.0 Å². The zero-order chi connectivity index (χ0) is 13.0. The minimum Gasteiger partial charge on any atom is -0.493 e. The molecule has 2 aromatic rings. The Labute approximate surface area is 107 Å². The minimum atomic E-state index is 0.639. The molecule has 0 aliphatic rings. The topological polar surface area (TPSA) is 47.0 Å². The second kappa shape index (κ2) is 5.49. The molecule has 0 amide bonds. The normalized spacial score (nSPS) is 10.2. The third-order valence-electron chi connectivity index (χ3n) is 2.76. The van der Waals surface area contributed by atoms with E-state index < -0.39 is 0 Å². The van der Waals surface area contributed by atoms with Crippen LogP contribution in [0.3, 0.4) is 0 Å². The molecule has 0 unspecified atom stereocenters. The van der Waals surface area contributed by atoms with Gasteiger partial charge in [-0.25, -0.2) is 9.97 Å². The third-order valence-corrected chi connectivity index (χ3v) is 2.76. The van der Waals surface area contributed by atoms with Crippen molar-refractivity contribution in [3.8, 4) is 17.0 Å². The number of ether oxygens (including phenoxy) is 1. The van der Waals surface area contributed by atoms with Gasteiger partial charge in [-0.15, -0.1) is 0 Å². The SMILES string of the molecule is CCOc1ccccc1-c1ncnc(NC)c1C. The minimum absolute atomic E-state index is 0.639. The Morgan fingerprint density at radius 1 is 1.22 bits per heavy atom. The van der Waals surface area contributed by atoms with Gasteiger partial charge in [-0.3, -0.25) is 0 Å². The van der Waals surface area contributed by atoms with E-state index in [4.69, 9.17) is 4.74 Å². The molecule has 1 aromatic carbocycles. The van der Waals surface area contributed by atoms with Crippen molar-refractivity contribution in [2.24, 2.45) is 0 Å². The van der Waals surface area contributed by atoms with E-state index in [-0.39, 0.29) is 0 Å². The Kier molecular flexibility index (Phi) is 3.77. The fourth-order valence-electron chi connectivity index (χ4n) is 1.92. The van der Waals surface area contributed by atoms with E-state index in [1.165, 1.54) is 0 Å². The average molecular weight is 243 g/mol. The smallest absolute Gasteiger partial charge is 0.132 e. The summed E-state index contributed by atoms with van der Waals surface area (Å²) in [6.07, 6.45) is 1.57. The quantitative estimate of drug-likeness (QED) is 0.897. The first-order valence-electron chi connectivity index (χ1n) is 5.99. The van der Waals surface area contributed by atoms with Gasteiger partial charge in [0.2, 0.25) is 0 Å². The molecular formula is C14H17N3O. The summed E-state index contributed by atoms with van der Waals surface area (Å²) in [7, 11) is 1.85. The van der Waals surface area contributed by atoms with E-state index in [0.29, 0.717) is 6.61 Å². The maximum Gasteiger partial charge on any atom is 0.132 e. The Bertz CT molecular complexity index is 540. The third kappa shape index (κ3) is 2.27. The van der Waals surface area contributed by atoms with E-state index in [1.807, 2.05) is 45.2 Å². The van der Waals surface area contributed by atoms with Crippen LogP contribution in [-0.2, 0) is 0 Å². The van der Waals surface area contributed by atoms with Crippen LogP contribution in [-0.4, -0.2) is 23.6 Å². The summed E-state index contributed by atoms with van der Waals surface area (Å²) in [5.74, 6) is 1.69. The fraction of sp³-hybridized carbons (Fsp3) is 0.286. The highest BCUT2D eigenvalue weighted by Gasteiger charge is 2.12. The molecule has 0 fully saturated rings. The van der Waals surface area contributed by atoms with Crippen molar-refractivity contribution in [3.05, 3.63) is 36.2 Å². The van der Waals surface area contributed by atoms with Gasteiger partial charge < -0.3 is 10.1 Å². The maximum absolute atomic E-state index is 5.64. The van der Waals surface area contributed by atoms with Crippen LogP contribution in [0.1, 0.15) is 12.5 Å². The van der Waals surface area contributed by atoms with Gasteiger partial charge in [0.05, 0.1) is 12.3 Å². The average Bonchev–Trinajstić information content (AvgIpc) is 2.40. The second-order valence-electron chi connectivity index (χ2n) is 3.88. The molecular weight excluding hydrogens is 226 g/mol. The molecule has 0 atom stereocenters. The first-order chi connectivity index (χ1) is 8.77. The highest BCUT2D eigenvalue weighted by atomic mass is 16.5. The largest absolute Gasteiger partial charge is 0.493 e. The van der Waals surface area contributed by atoms with Crippen molar-refractivity contribution >= 4 is 5.82 Å².